The minimum atomic E-state index is -0.165. The van der Waals surface area contributed by atoms with Gasteiger partial charge in [0.2, 0.25) is 5.91 Å². The first-order valence-corrected chi connectivity index (χ1v) is 6.77. The van der Waals surface area contributed by atoms with E-state index in [0.29, 0.717) is 0 Å². The Balaban J connectivity index is 2.55. The molecule has 0 heterocycles. The maximum Gasteiger partial charge on any atom is 0.236 e. The van der Waals surface area contributed by atoms with Crippen molar-refractivity contribution in [3.05, 3.63) is 35.9 Å². The van der Waals surface area contributed by atoms with Crippen molar-refractivity contribution in [3.8, 4) is 0 Å². The summed E-state index contributed by atoms with van der Waals surface area (Å²) in [5.74, 6) is 0.0752. The molecule has 0 fully saturated rings. The van der Waals surface area contributed by atoms with Crippen molar-refractivity contribution in [1.29, 1.82) is 0 Å². The molecule has 2 atom stereocenters. The Morgan fingerprint density at radius 2 is 1.89 bits per heavy atom. The molecule has 1 rings (SSSR count). The molecule has 100 valence electrons. The second-order valence-electron chi connectivity index (χ2n) is 4.55. The molecule has 0 bridgehead atoms. The van der Waals surface area contributed by atoms with Crippen molar-refractivity contribution >= 4 is 5.91 Å². The van der Waals surface area contributed by atoms with Gasteiger partial charge in [0.25, 0.3) is 0 Å². The quantitative estimate of drug-likeness (QED) is 0.779. The average Bonchev–Trinajstić information content (AvgIpc) is 2.42. The molecule has 1 aromatic rings. The molecule has 0 saturated heterocycles. The van der Waals surface area contributed by atoms with Gasteiger partial charge in [-0.1, -0.05) is 44.2 Å². The fraction of sp³-hybridized carbons (Fsp3) is 0.533. The number of carbonyl (C=O) groups is 1. The van der Waals surface area contributed by atoms with Crippen LogP contribution in [0.2, 0.25) is 0 Å². The zero-order chi connectivity index (χ0) is 13.4. The van der Waals surface area contributed by atoms with Crippen LogP contribution in [0.3, 0.4) is 0 Å². The smallest absolute Gasteiger partial charge is 0.236 e. The first-order chi connectivity index (χ1) is 8.69. The lowest BCUT2D eigenvalue weighted by atomic mass is 10.0. The SMILES string of the molecule is CCCNC(=O)C(C)NC(CC)c1ccccc1. The van der Waals surface area contributed by atoms with Crippen LogP contribution in [0.25, 0.3) is 0 Å². The molecule has 3 heteroatoms. The summed E-state index contributed by atoms with van der Waals surface area (Å²) in [4.78, 5) is 11.8. The predicted octanol–water partition coefficient (Wildman–Crippen LogP) is 2.64. The van der Waals surface area contributed by atoms with Crippen molar-refractivity contribution < 1.29 is 4.79 Å². The van der Waals surface area contributed by atoms with Gasteiger partial charge >= 0.3 is 0 Å². The molecular formula is C15H24N2O. The molecule has 2 N–H and O–H groups in total. The van der Waals surface area contributed by atoms with Crippen molar-refractivity contribution in [2.24, 2.45) is 0 Å². The van der Waals surface area contributed by atoms with Crippen LogP contribution < -0.4 is 10.6 Å². The van der Waals surface area contributed by atoms with Crippen molar-refractivity contribution in [2.75, 3.05) is 6.54 Å². The summed E-state index contributed by atoms with van der Waals surface area (Å²) in [5.41, 5.74) is 1.23. The van der Waals surface area contributed by atoms with E-state index in [4.69, 9.17) is 0 Å². The predicted molar refractivity (Wildman–Crippen MR) is 75.4 cm³/mol. The van der Waals surface area contributed by atoms with Crippen LogP contribution in [0.4, 0.5) is 0 Å². The molecule has 0 aliphatic heterocycles. The third kappa shape index (κ3) is 4.49. The van der Waals surface area contributed by atoms with Gasteiger partial charge in [-0.05, 0) is 25.3 Å². The normalized spacial score (nSPS) is 13.9. The van der Waals surface area contributed by atoms with Crippen LogP contribution in [0.5, 0.6) is 0 Å². The lowest BCUT2D eigenvalue weighted by Crippen LogP contribution is -2.43. The van der Waals surface area contributed by atoms with Gasteiger partial charge < -0.3 is 5.32 Å². The summed E-state index contributed by atoms with van der Waals surface area (Å²) < 4.78 is 0. The first kappa shape index (κ1) is 14.7. The van der Waals surface area contributed by atoms with E-state index < -0.39 is 0 Å². The fourth-order valence-electron chi connectivity index (χ4n) is 1.91. The Morgan fingerprint density at radius 3 is 2.44 bits per heavy atom. The molecule has 1 aromatic carbocycles. The molecule has 0 radical (unpaired) electrons. The van der Waals surface area contributed by atoms with Crippen LogP contribution in [0.1, 0.15) is 45.2 Å². The Labute approximate surface area is 110 Å². The maximum absolute atomic E-state index is 11.8. The number of rotatable bonds is 7. The molecule has 0 aromatic heterocycles. The zero-order valence-electron chi connectivity index (χ0n) is 11.6. The number of amides is 1. The second-order valence-corrected chi connectivity index (χ2v) is 4.55. The van der Waals surface area contributed by atoms with Gasteiger partial charge in [-0.25, -0.2) is 0 Å². The van der Waals surface area contributed by atoms with Crippen LogP contribution in [0.15, 0.2) is 30.3 Å². The largest absolute Gasteiger partial charge is 0.355 e. The molecule has 3 nitrogen and oxygen atoms in total. The lowest BCUT2D eigenvalue weighted by Gasteiger charge is -2.22. The highest BCUT2D eigenvalue weighted by atomic mass is 16.2. The summed E-state index contributed by atoms with van der Waals surface area (Å²) >= 11 is 0. The number of benzene rings is 1. The third-order valence-electron chi connectivity index (χ3n) is 3.00. The minimum absolute atomic E-state index is 0.0752. The Bertz CT molecular complexity index is 351. The van der Waals surface area contributed by atoms with Crippen LogP contribution in [0, 0.1) is 0 Å². The highest BCUT2D eigenvalue weighted by Crippen LogP contribution is 2.16. The van der Waals surface area contributed by atoms with Gasteiger partial charge in [0.05, 0.1) is 6.04 Å². The Kier molecular flexibility index (Phi) is 6.44. The fourth-order valence-corrected chi connectivity index (χ4v) is 1.91. The van der Waals surface area contributed by atoms with E-state index in [1.807, 2.05) is 25.1 Å². The molecule has 1 amide bonds. The molecule has 18 heavy (non-hydrogen) atoms. The molecule has 2 unspecified atom stereocenters. The Hall–Kier alpha value is -1.35. The first-order valence-electron chi connectivity index (χ1n) is 6.77. The van der Waals surface area contributed by atoms with Crippen molar-refractivity contribution in [3.63, 3.8) is 0 Å². The lowest BCUT2D eigenvalue weighted by molar-refractivity contribution is -0.122. The standard InChI is InChI=1S/C15H24N2O/c1-4-11-16-15(18)12(3)17-14(5-2)13-9-7-6-8-10-13/h6-10,12,14,17H,4-5,11H2,1-3H3,(H,16,18). The van der Waals surface area contributed by atoms with E-state index in [1.165, 1.54) is 5.56 Å². The number of hydrogen-bond acceptors (Lipinski definition) is 2. The van der Waals surface area contributed by atoms with Crippen molar-refractivity contribution in [1.82, 2.24) is 10.6 Å². The van der Waals surface area contributed by atoms with Gasteiger partial charge in [-0.15, -0.1) is 0 Å². The Morgan fingerprint density at radius 1 is 1.22 bits per heavy atom. The van der Waals surface area contributed by atoms with E-state index in [1.54, 1.807) is 0 Å². The van der Waals surface area contributed by atoms with Gasteiger partial charge in [-0.3, -0.25) is 10.1 Å². The topological polar surface area (TPSA) is 41.1 Å². The summed E-state index contributed by atoms with van der Waals surface area (Å²) in [6, 6.07) is 10.3. The molecule has 0 spiro atoms. The van der Waals surface area contributed by atoms with E-state index in [0.717, 1.165) is 19.4 Å². The number of nitrogens with one attached hydrogen (secondary N) is 2. The van der Waals surface area contributed by atoms with Gasteiger partial charge in [0.1, 0.15) is 0 Å². The highest BCUT2D eigenvalue weighted by molar-refractivity contribution is 5.81. The molecule has 0 aliphatic rings. The molecule has 0 aliphatic carbocycles. The monoisotopic (exact) mass is 248 g/mol. The molecule has 0 saturated carbocycles. The minimum Gasteiger partial charge on any atom is -0.355 e. The van der Waals surface area contributed by atoms with E-state index in [-0.39, 0.29) is 18.0 Å². The summed E-state index contributed by atoms with van der Waals surface area (Å²) in [7, 11) is 0. The average molecular weight is 248 g/mol. The van der Waals surface area contributed by atoms with Gasteiger partial charge in [-0.2, -0.15) is 0 Å². The summed E-state index contributed by atoms with van der Waals surface area (Å²) in [6.45, 7) is 6.84. The number of hydrogen-bond donors (Lipinski definition) is 2. The van der Waals surface area contributed by atoms with Crippen molar-refractivity contribution in [2.45, 2.75) is 45.7 Å². The van der Waals surface area contributed by atoms with Gasteiger partial charge in [0.15, 0.2) is 0 Å². The summed E-state index contributed by atoms with van der Waals surface area (Å²) in [5, 5.41) is 6.29. The highest BCUT2D eigenvalue weighted by Gasteiger charge is 2.17. The van der Waals surface area contributed by atoms with Gasteiger partial charge in [0, 0.05) is 12.6 Å². The second kappa shape index (κ2) is 7.88. The van der Waals surface area contributed by atoms with Crippen LogP contribution in [-0.2, 0) is 4.79 Å². The van der Waals surface area contributed by atoms with E-state index >= 15 is 0 Å². The van der Waals surface area contributed by atoms with E-state index in [2.05, 4.69) is 36.6 Å². The number of carbonyl (C=O) groups excluding carboxylic acids is 1. The van der Waals surface area contributed by atoms with Crippen LogP contribution >= 0.6 is 0 Å². The van der Waals surface area contributed by atoms with Crippen LogP contribution in [-0.4, -0.2) is 18.5 Å². The maximum atomic E-state index is 11.8. The molecular weight excluding hydrogens is 224 g/mol. The zero-order valence-corrected chi connectivity index (χ0v) is 11.6. The summed E-state index contributed by atoms with van der Waals surface area (Å²) in [6.07, 6.45) is 1.93. The van der Waals surface area contributed by atoms with E-state index in [9.17, 15) is 4.79 Å². The third-order valence-corrected chi connectivity index (χ3v) is 3.00.